The molecule has 0 aliphatic carbocycles. The highest BCUT2D eigenvalue weighted by molar-refractivity contribution is 5.76. The van der Waals surface area contributed by atoms with Gasteiger partial charge in [-0.15, -0.1) is 0 Å². The average Bonchev–Trinajstić information content (AvgIpc) is 3.14. The molecule has 3 aliphatic rings. The number of carbonyl (C=O) groups excluding carboxylic acids is 1. The van der Waals surface area contributed by atoms with E-state index >= 15 is 0 Å². The SMILES string of the molecule is O=C(CC1CC2CCC(C1)N2)NC1CCN(Cc2ccccc2)C1. The number of carbonyl (C=O) groups is 1. The minimum absolute atomic E-state index is 0.271. The first kappa shape index (κ1) is 16.1. The van der Waals surface area contributed by atoms with Crippen LogP contribution in [0.1, 0.15) is 44.1 Å². The van der Waals surface area contributed by atoms with Gasteiger partial charge < -0.3 is 10.6 Å². The van der Waals surface area contributed by atoms with Crippen molar-refractivity contribution in [3.05, 3.63) is 35.9 Å². The van der Waals surface area contributed by atoms with Crippen LogP contribution in [0, 0.1) is 5.92 Å². The molecular formula is C20H29N3O. The zero-order valence-corrected chi connectivity index (χ0v) is 14.4. The van der Waals surface area contributed by atoms with Gasteiger partial charge in [0.15, 0.2) is 0 Å². The van der Waals surface area contributed by atoms with Gasteiger partial charge in [0.05, 0.1) is 0 Å². The molecule has 3 aliphatic heterocycles. The highest BCUT2D eigenvalue weighted by Crippen LogP contribution is 2.32. The Kier molecular flexibility index (Phi) is 4.86. The lowest BCUT2D eigenvalue weighted by Gasteiger charge is -2.29. The maximum absolute atomic E-state index is 12.4. The van der Waals surface area contributed by atoms with Crippen LogP contribution in [0.25, 0.3) is 0 Å². The largest absolute Gasteiger partial charge is 0.352 e. The Labute approximate surface area is 145 Å². The van der Waals surface area contributed by atoms with Gasteiger partial charge in [-0.25, -0.2) is 0 Å². The molecule has 24 heavy (non-hydrogen) atoms. The van der Waals surface area contributed by atoms with Crippen molar-refractivity contribution in [1.29, 1.82) is 0 Å². The van der Waals surface area contributed by atoms with E-state index in [9.17, 15) is 4.79 Å². The minimum atomic E-state index is 0.271. The molecular weight excluding hydrogens is 298 g/mol. The third-order valence-electron chi connectivity index (χ3n) is 5.93. The van der Waals surface area contributed by atoms with Crippen molar-refractivity contribution in [2.45, 2.75) is 63.2 Å². The van der Waals surface area contributed by atoms with Crippen LogP contribution in [0.2, 0.25) is 0 Å². The monoisotopic (exact) mass is 327 g/mol. The van der Waals surface area contributed by atoms with E-state index in [4.69, 9.17) is 0 Å². The first-order chi connectivity index (χ1) is 11.7. The molecule has 0 radical (unpaired) electrons. The molecule has 0 aromatic heterocycles. The summed E-state index contributed by atoms with van der Waals surface area (Å²) in [6.45, 7) is 3.06. The van der Waals surface area contributed by atoms with Gasteiger partial charge in [-0.2, -0.15) is 0 Å². The fraction of sp³-hybridized carbons (Fsp3) is 0.650. The minimum Gasteiger partial charge on any atom is -0.352 e. The second kappa shape index (κ2) is 7.24. The molecule has 3 saturated heterocycles. The normalized spacial score (nSPS) is 32.8. The molecule has 1 amide bonds. The molecule has 2 N–H and O–H groups in total. The Morgan fingerprint density at radius 3 is 2.62 bits per heavy atom. The van der Waals surface area contributed by atoms with Gasteiger partial charge in [0.2, 0.25) is 5.91 Å². The number of nitrogens with one attached hydrogen (secondary N) is 2. The summed E-state index contributed by atoms with van der Waals surface area (Å²) >= 11 is 0. The Bertz CT molecular complexity index is 549. The van der Waals surface area contributed by atoms with Crippen molar-refractivity contribution in [3.63, 3.8) is 0 Å². The van der Waals surface area contributed by atoms with Crippen LogP contribution >= 0.6 is 0 Å². The molecule has 3 unspecified atom stereocenters. The summed E-state index contributed by atoms with van der Waals surface area (Å²) in [5.74, 6) is 0.860. The highest BCUT2D eigenvalue weighted by Gasteiger charge is 2.34. The van der Waals surface area contributed by atoms with Crippen LogP contribution in [0.15, 0.2) is 30.3 Å². The number of likely N-dealkylation sites (tertiary alicyclic amines) is 1. The Morgan fingerprint density at radius 2 is 1.88 bits per heavy atom. The second-order valence-corrected chi connectivity index (χ2v) is 7.95. The van der Waals surface area contributed by atoms with Gasteiger partial charge in [-0.1, -0.05) is 30.3 Å². The summed E-state index contributed by atoms with van der Waals surface area (Å²) in [7, 11) is 0. The summed E-state index contributed by atoms with van der Waals surface area (Å²) < 4.78 is 0. The van der Waals surface area contributed by atoms with E-state index < -0.39 is 0 Å². The van der Waals surface area contributed by atoms with Crippen molar-refractivity contribution in [1.82, 2.24) is 15.5 Å². The molecule has 0 saturated carbocycles. The number of rotatable bonds is 5. The van der Waals surface area contributed by atoms with Gasteiger partial charge in [0.25, 0.3) is 0 Å². The lowest BCUT2D eigenvalue weighted by atomic mass is 9.89. The van der Waals surface area contributed by atoms with Crippen molar-refractivity contribution in [3.8, 4) is 0 Å². The number of benzene rings is 1. The smallest absolute Gasteiger partial charge is 0.220 e. The van der Waals surface area contributed by atoms with E-state index in [2.05, 4.69) is 45.9 Å². The highest BCUT2D eigenvalue weighted by atomic mass is 16.1. The molecule has 130 valence electrons. The topological polar surface area (TPSA) is 44.4 Å². The quantitative estimate of drug-likeness (QED) is 0.872. The van der Waals surface area contributed by atoms with Crippen molar-refractivity contribution in [2.24, 2.45) is 5.92 Å². The Balaban J connectivity index is 1.21. The van der Waals surface area contributed by atoms with Crippen LogP contribution in [0.4, 0.5) is 0 Å². The predicted molar refractivity (Wildman–Crippen MR) is 95.6 cm³/mol. The summed E-state index contributed by atoms with van der Waals surface area (Å²) in [4.78, 5) is 14.9. The molecule has 1 aromatic rings. The van der Waals surface area contributed by atoms with Crippen LogP contribution < -0.4 is 10.6 Å². The predicted octanol–water partition coefficient (Wildman–Crippen LogP) is 2.30. The Hall–Kier alpha value is -1.39. The van der Waals surface area contributed by atoms with E-state index in [-0.39, 0.29) is 5.91 Å². The van der Waals surface area contributed by atoms with Gasteiger partial charge in [-0.3, -0.25) is 9.69 Å². The van der Waals surface area contributed by atoms with Crippen molar-refractivity contribution >= 4 is 5.91 Å². The van der Waals surface area contributed by atoms with Crippen molar-refractivity contribution < 1.29 is 4.79 Å². The molecule has 1 aromatic carbocycles. The Morgan fingerprint density at radius 1 is 1.12 bits per heavy atom. The van der Waals surface area contributed by atoms with Crippen LogP contribution in [0.5, 0.6) is 0 Å². The third kappa shape index (κ3) is 3.98. The van der Waals surface area contributed by atoms with Crippen LogP contribution in [-0.4, -0.2) is 42.0 Å². The number of nitrogens with zero attached hydrogens (tertiary/aromatic N) is 1. The molecule has 3 fully saturated rings. The number of fused-ring (bicyclic) bond motifs is 2. The zero-order chi connectivity index (χ0) is 16.4. The molecule has 3 heterocycles. The molecule has 2 bridgehead atoms. The van der Waals surface area contributed by atoms with E-state index in [0.29, 0.717) is 24.0 Å². The number of hydrogen-bond donors (Lipinski definition) is 2. The zero-order valence-electron chi connectivity index (χ0n) is 14.4. The lowest BCUT2D eigenvalue weighted by Crippen LogP contribution is -2.42. The summed E-state index contributed by atoms with van der Waals surface area (Å²) in [5, 5.41) is 6.95. The summed E-state index contributed by atoms with van der Waals surface area (Å²) in [6, 6.07) is 12.3. The summed E-state index contributed by atoms with van der Waals surface area (Å²) in [5.41, 5.74) is 1.36. The van der Waals surface area contributed by atoms with E-state index in [1.807, 2.05) is 0 Å². The van der Waals surface area contributed by atoms with Gasteiger partial charge in [0, 0.05) is 44.2 Å². The van der Waals surface area contributed by atoms with Gasteiger partial charge in [0.1, 0.15) is 0 Å². The third-order valence-corrected chi connectivity index (χ3v) is 5.93. The van der Waals surface area contributed by atoms with Crippen molar-refractivity contribution in [2.75, 3.05) is 13.1 Å². The number of hydrogen-bond acceptors (Lipinski definition) is 3. The van der Waals surface area contributed by atoms with Crippen LogP contribution in [-0.2, 0) is 11.3 Å². The molecule has 4 nitrogen and oxygen atoms in total. The average molecular weight is 327 g/mol. The molecule has 3 atom stereocenters. The fourth-order valence-corrected chi connectivity index (χ4v) is 4.83. The van der Waals surface area contributed by atoms with Crippen LogP contribution in [0.3, 0.4) is 0 Å². The standard InChI is InChI=1S/C20H29N3O/c24-20(12-16-10-17-6-7-18(11-16)21-17)22-19-8-9-23(14-19)13-15-4-2-1-3-5-15/h1-5,16-19,21H,6-14H2,(H,22,24). The first-order valence-corrected chi connectivity index (χ1v) is 9.56. The first-order valence-electron chi connectivity index (χ1n) is 9.56. The van der Waals surface area contributed by atoms with Gasteiger partial charge >= 0.3 is 0 Å². The maximum Gasteiger partial charge on any atom is 0.220 e. The number of amides is 1. The fourth-order valence-electron chi connectivity index (χ4n) is 4.83. The molecule has 4 heteroatoms. The van der Waals surface area contributed by atoms with Gasteiger partial charge in [-0.05, 0) is 43.6 Å². The molecule has 4 rings (SSSR count). The number of piperidine rings is 1. The summed E-state index contributed by atoms with van der Waals surface area (Å²) in [6.07, 6.45) is 6.79. The maximum atomic E-state index is 12.4. The van der Waals surface area contributed by atoms with E-state index in [1.165, 1.54) is 31.2 Å². The van der Waals surface area contributed by atoms with E-state index in [1.54, 1.807) is 0 Å². The van der Waals surface area contributed by atoms with E-state index in [0.717, 1.165) is 32.5 Å². The molecule has 0 spiro atoms. The lowest BCUT2D eigenvalue weighted by molar-refractivity contribution is -0.122. The second-order valence-electron chi connectivity index (χ2n) is 7.95.